The first-order valence-corrected chi connectivity index (χ1v) is 12.3. The van der Waals surface area contributed by atoms with Crippen LogP contribution in [-0.4, -0.2) is 51.9 Å². The van der Waals surface area contributed by atoms with Crippen LogP contribution in [0.25, 0.3) is 11.0 Å². The quantitative estimate of drug-likeness (QED) is 0.428. The number of hydrogen-bond acceptors (Lipinski definition) is 5. The number of thioether (sulfide) groups is 1. The zero-order chi connectivity index (χ0) is 21.0. The van der Waals surface area contributed by atoms with Crippen LogP contribution in [0, 0.1) is 0 Å². The van der Waals surface area contributed by atoms with Gasteiger partial charge in [0.25, 0.3) is 5.91 Å². The van der Waals surface area contributed by atoms with Crippen LogP contribution in [0.4, 0.5) is 0 Å². The standard InChI is InChI=1S/C24H24N4OS2/c29-23(28-13-11-27(12-14-28)16-19-7-5-15-30-19)20-8-2-1-6-18(20)17-31-24-25-21-9-3-4-10-22(21)26-24/h1-10,15H,11-14,16-17H2,(H,25,26). The second-order valence-corrected chi connectivity index (χ2v) is 9.65. The predicted octanol–water partition coefficient (Wildman–Crippen LogP) is 4.87. The molecule has 3 heterocycles. The molecule has 0 aliphatic carbocycles. The third-order valence-electron chi connectivity index (χ3n) is 5.60. The van der Waals surface area contributed by atoms with Crippen molar-refractivity contribution in [3.63, 3.8) is 0 Å². The summed E-state index contributed by atoms with van der Waals surface area (Å²) in [4.78, 5) is 27.1. The zero-order valence-corrected chi connectivity index (χ0v) is 18.8. The molecule has 1 aliphatic heterocycles. The van der Waals surface area contributed by atoms with Gasteiger partial charge in [0, 0.05) is 48.9 Å². The van der Waals surface area contributed by atoms with Gasteiger partial charge in [-0.1, -0.05) is 48.2 Å². The molecule has 158 valence electrons. The second-order valence-electron chi connectivity index (χ2n) is 7.65. The van der Waals surface area contributed by atoms with Gasteiger partial charge in [0.15, 0.2) is 5.16 Å². The van der Waals surface area contributed by atoms with E-state index < -0.39 is 0 Å². The Hall–Kier alpha value is -2.61. The molecule has 0 spiro atoms. The summed E-state index contributed by atoms with van der Waals surface area (Å²) in [6.45, 7) is 4.36. The third-order valence-corrected chi connectivity index (χ3v) is 7.38. The summed E-state index contributed by atoms with van der Waals surface area (Å²) in [5.74, 6) is 0.844. The molecule has 31 heavy (non-hydrogen) atoms. The number of imidazole rings is 1. The van der Waals surface area contributed by atoms with Gasteiger partial charge in [-0.25, -0.2) is 4.98 Å². The number of nitrogens with one attached hydrogen (secondary N) is 1. The number of aromatic amines is 1. The first-order valence-electron chi connectivity index (χ1n) is 10.5. The number of piperazine rings is 1. The van der Waals surface area contributed by atoms with Crippen LogP contribution in [-0.2, 0) is 12.3 Å². The topological polar surface area (TPSA) is 52.2 Å². The van der Waals surface area contributed by atoms with Crippen molar-refractivity contribution in [3.8, 4) is 0 Å². The number of rotatable bonds is 6. The molecule has 1 amide bonds. The Bertz CT molecular complexity index is 1130. The van der Waals surface area contributed by atoms with Gasteiger partial charge in [0.2, 0.25) is 0 Å². The molecule has 0 unspecified atom stereocenters. The first-order chi connectivity index (χ1) is 15.3. The highest BCUT2D eigenvalue weighted by molar-refractivity contribution is 7.98. The summed E-state index contributed by atoms with van der Waals surface area (Å²) in [6.07, 6.45) is 0. The molecule has 5 rings (SSSR count). The molecule has 2 aromatic heterocycles. The molecule has 0 bridgehead atoms. The van der Waals surface area contributed by atoms with Gasteiger partial charge in [-0.3, -0.25) is 9.69 Å². The Balaban J connectivity index is 1.23. The molecule has 0 atom stereocenters. The van der Waals surface area contributed by atoms with E-state index in [-0.39, 0.29) is 5.91 Å². The average Bonchev–Trinajstić information content (AvgIpc) is 3.47. The summed E-state index contributed by atoms with van der Waals surface area (Å²) in [5, 5.41) is 3.00. The fourth-order valence-corrected chi connectivity index (χ4v) is 5.54. The number of fused-ring (bicyclic) bond motifs is 1. The highest BCUT2D eigenvalue weighted by atomic mass is 32.2. The molecule has 0 radical (unpaired) electrons. The summed E-state index contributed by atoms with van der Waals surface area (Å²) >= 11 is 3.43. The highest BCUT2D eigenvalue weighted by Gasteiger charge is 2.24. The minimum atomic E-state index is 0.136. The van der Waals surface area contributed by atoms with E-state index in [0.717, 1.165) is 60.0 Å². The Kier molecular flexibility index (Phi) is 6.06. The van der Waals surface area contributed by atoms with Crippen molar-refractivity contribution >= 4 is 40.0 Å². The fourth-order valence-electron chi connectivity index (χ4n) is 3.90. The van der Waals surface area contributed by atoms with Crippen LogP contribution in [0.5, 0.6) is 0 Å². The molecule has 1 fully saturated rings. The van der Waals surface area contributed by atoms with E-state index in [2.05, 4.69) is 38.4 Å². The molecule has 1 N–H and O–H groups in total. The zero-order valence-electron chi connectivity index (χ0n) is 17.2. The first kappa shape index (κ1) is 20.3. The number of aromatic nitrogens is 2. The number of nitrogens with zero attached hydrogens (tertiary/aromatic N) is 3. The number of amides is 1. The van der Waals surface area contributed by atoms with Gasteiger partial charge >= 0.3 is 0 Å². The number of carbonyl (C=O) groups is 1. The van der Waals surface area contributed by atoms with Crippen LogP contribution < -0.4 is 0 Å². The predicted molar refractivity (Wildman–Crippen MR) is 128 cm³/mol. The number of benzene rings is 2. The molecule has 1 aliphatic rings. The summed E-state index contributed by atoms with van der Waals surface area (Å²) in [5.41, 5.74) is 3.86. The number of thiophene rings is 1. The highest BCUT2D eigenvalue weighted by Crippen LogP contribution is 2.25. The third kappa shape index (κ3) is 4.69. The van der Waals surface area contributed by atoms with Gasteiger partial charge in [-0.05, 0) is 35.2 Å². The number of carbonyl (C=O) groups excluding carboxylic acids is 1. The van der Waals surface area contributed by atoms with E-state index in [1.54, 1.807) is 23.1 Å². The summed E-state index contributed by atoms with van der Waals surface area (Å²) in [6, 6.07) is 20.3. The lowest BCUT2D eigenvalue weighted by Gasteiger charge is -2.34. The van der Waals surface area contributed by atoms with Crippen LogP contribution in [0.15, 0.2) is 71.2 Å². The molecule has 5 nitrogen and oxygen atoms in total. The average molecular weight is 449 g/mol. The Morgan fingerprint density at radius 2 is 1.81 bits per heavy atom. The number of H-pyrrole nitrogens is 1. The van der Waals surface area contributed by atoms with Crippen LogP contribution in [0.3, 0.4) is 0 Å². The molecule has 2 aromatic carbocycles. The maximum Gasteiger partial charge on any atom is 0.254 e. The van der Waals surface area contributed by atoms with Crippen molar-refractivity contribution in [1.29, 1.82) is 0 Å². The van der Waals surface area contributed by atoms with E-state index in [4.69, 9.17) is 0 Å². The lowest BCUT2D eigenvalue weighted by atomic mass is 10.1. The Morgan fingerprint density at radius 1 is 1.00 bits per heavy atom. The smallest absolute Gasteiger partial charge is 0.254 e. The largest absolute Gasteiger partial charge is 0.336 e. The lowest BCUT2D eigenvalue weighted by molar-refractivity contribution is 0.0629. The maximum atomic E-state index is 13.3. The summed E-state index contributed by atoms with van der Waals surface area (Å²) < 4.78 is 0. The van der Waals surface area contributed by atoms with Crippen LogP contribution in [0.1, 0.15) is 20.8 Å². The van der Waals surface area contributed by atoms with Crippen molar-refractivity contribution in [2.24, 2.45) is 0 Å². The van der Waals surface area contributed by atoms with Gasteiger partial charge in [0.05, 0.1) is 11.0 Å². The minimum Gasteiger partial charge on any atom is -0.336 e. The van der Waals surface area contributed by atoms with Gasteiger partial charge < -0.3 is 9.88 Å². The van der Waals surface area contributed by atoms with Crippen LogP contribution in [0.2, 0.25) is 0 Å². The van der Waals surface area contributed by atoms with E-state index in [1.807, 2.05) is 47.4 Å². The molecular weight excluding hydrogens is 424 g/mol. The molecule has 4 aromatic rings. The van der Waals surface area contributed by atoms with E-state index >= 15 is 0 Å². The van der Waals surface area contributed by atoms with Gasteiger partial charge in [-0.2, -0.15) is 0 Å². The van der Waals surface area contributed by atoms with E-state index in [1.165, 1.54) is 4.88 Å². The minimum absolute atomic E-state index is 0.136. The van der Waals surface area contributed by atoms with Crippen molar-refractivity contribution < 1.29 is 4.79 Å². The molecule has 1 saturated heterocycles. The van der Waals surface area contributed by atoms with Gasteiger partial charge in [-0.15, -0.1) is 11.3 Å². The lowest BCUT2D eigenvalue weighted by Crippen LogP contribution is -2.48. The van der Waals surface area contributed by atoms with Crippen molar-refractivity contribution in [2.75, 3.05) is 26.2 Å². The van der Waals surface area contributed by atoms with Crippen molar-refractivity contribution in [1.82, 2.24) is 19.8 Å². The van der Waals surface area contributed by atoms with Crippen LogP contribution >= 0.6 is 23.1 Å². The molecule has 0 saturated carbocycles. The second kappa shape index (κ2) is 9.26. The summed E-state index contributed by atoms with van der Waals surface area (Å²) in [7, 11) is 0. The molecule has 7 heteroatoms. The number of para-hydroxylation sites is 2. The maximum absolute atomic E-state index is 13.3. The van der Waals surface area contributed by atoms with Gasteiger partial charge in [0.1, 0.15) is 0 Å². The van der Waals surface area contributed by atoms with Crippen molar-refractivity contribution in [3.05, 3.63) is 82.0 Å². The van der Waals surface area contributed by atoms with Crippen molar-refractivity contribution in [2.45, 2.75) is 17.5 Å². The van der Waals surface area contributed by atoms with E-state index in [9.17, 15) is 4.79 Å². The SMILES string of the molecule is O=C(c1ccccc1CSc1nc2ccccc2[nH]1)N1CCN(Cc2cccs2)CC1. The Labute approximate surface area is 190 Å². The van der Waals surface area contributed by atoms with E-state index in [0.29, 0.717) is 5.75 Å². The monoisotopic (exact) mass is 448 g/mol. The fraction of sp³-hybridized carbons (Fsp3) is 0.250. The Morgan fingerprint density at radius 3 is 2.61 bits per heavy atom. The normalized spacial score (nSPS) is 14.9. The number of hydrogen-bond donors (Lipinski definition) is 1. The molecular formula is C24H24N4OS2.